The zero-order chi connectivity index (χ0) is 15.3. The van der Waals surface area contributed by atoms with Crippen molar-refractivity contribution in [2.24, 2.45) is 0 Å². The van der Waals surface area contributed by atoms with Gasteiger partial charge in [-0.15, -0.1) is 0 Å². The number of methoxy groups -OCH3 is 1. The molecule has 4 nitrogen and oxygen atoms in total. The van der Waals surface area contributed by atoms with E-state index in [1.54, 1.807) is 7.11 Å². The minimum Gasteiger partial charge on any atom is -0.496 e. The van der Waals surface area contributed by atoms with E-state index in [1.165, 1.54) is 0 Å². The smallest absolute Gasteiger partial charge is 0.242 e. The van der Waals surface area contributed by atoms with E-state index in [9.17, 15) is 4.79 Å². The van der Waals surface area contributed by atoms with Crippen LogP contribution in [0.15, 0.2) is 18.2 Å². The summed E-state index contributed by atoms with van der Waals surface area (Å²) < 4.78 is 5.23. The fourth-order valence-corrected chi connectivity index (χ4v) is 1.81. The van der Waals surface area contributed by atoms with E-state index in [0.717, 1.165) is 23.4 Å². The Bertz CT molecular complexity index is 470. The normalized spacial score (nSPS) is 12.7. The maximum absolute atomic E-state index is 12.1. The number of anilines is 1. The van der Waals surface area contributed by atoms with Gasteiger partial charge in [0.25, 0.3) is 0 Å². The molecule has 0 aliphatic carbocycles. The van der Waals surface area contributed by atoms with Gasteiger partial charge >= 0.3 is 0 Å². The van der Waals surface area contributed by atoms with Gasteiger partial charge in [0.1, 0.15) is 11.8 Å². The van der Waals surface area contributed by atoms with Crippen LogP contribution in [0, 0.1) is 6.92 Å². The summed E-state index contributed by atoms with van der Waals surface area (Å²) in [5.41, 5.74) is 1.78. The number of aryl methyl sites for hydroxylation is 1. The fraction of sp³-hybridized carbons (Fsp3) is 0.562. The van der Waals surface area contributed by atoms with E-state index in [4.69, 9.17) is 4.74 Å². The van der Waals surface area contributed by atoms with E-state index < -0.39 is 0 Å². The van der Waals surface area contributed by atoms with Gasteiger partial charge in [0.2, 0.25) is 5.91 Å². The lowest BCUT2D eigenvalue weighted by Crippen LogP contribution is -2.48. The molecule has 1 unspecified atom stereocenters. The zero-order valence-electron chi connectivity index (χ0n) is 13.3. The van der Waals surface area contributed by atoms with Gasteiger partial charge in [-0.2, -0.15) is 0 Å². The average molecular weight is 278 g/mol. The van der Waals surface area contributed by atoms with Crippen molar-refractivity contribution < 1.29 is 9.53 Å². The van der Waals surface area contributed by atoms with Gasteiger partial charge in [-0.05, 0) is 57.9 Å². The third kappa shape index (κ3) is 4.44. The van der Waals surface area contributed by atoms with Gasteiger partial charge in [0.05, 0.1) is 7.11 Å². The van der Waals surface area contributed by atoms with Gasteiger partial charge in [-0.25, -0.2) is 0 Å². The molecule has 0 saturated heterocycles. The molecule has 1 aromatic carbocycles. The van der Waals surface area contributed by atoms with Crippen molar-refractivity contribution in [3.05, 3.63) is 23.8 Å². The largest absolute Gasteiger partial charge is 0.496 e. The minimum atomic E-state index is -0.284. The van der Waals surface area contributed by atoms with Gasteiger partial charge in [0, 0.05) is 11.2 Å². The fourth-order valence-electron chi connectivity index (χ4n) is 1.81. The van der Waals surface area contributed by atoms with Crippen LogP contribution >= 0.6 is 0 Å². The molecule has 2 N–H and O–H groups in total. The molecule has 112 valence electrons. The number of hydrogen-bond donors (Lipinski definition) is 2. The third-order valence-electron chi connectivity index (χ3n) is 3.52. The molecular weight excluding hydrogens is 252 g/mol. The lowest BCUT2D eigenvalue weighted by Gasteiger charge is -2.27. The van der Waals surface area contributed by atoms with Crippen molar-refractivity contribution in [3.8, 4) is 5.75 Å². The van der Waals surface area contributed by atoms with Crippen molar-refractivity contribution in [2.45, 2.75) is 52.6 Å². The molecule has 0 aromatic heterocycles. The van der Waals surface area contributed by atoms with Crippen LogP contribution in [0.1, 0.15) is 39.7 Å². The van der Waals surface area contributed by atoms with E-state index in [2.05, 4.69) is 17.6 Å². The Morgan fingerprint density at radius 2 is 2.05 bits per heavy atom. The highest BCUT2D eigenvalue weighted by Gasteiger charge is 2.21. The SMILES string of the molecule is CCC(C)(C)NC(=O)C(C)Nc1ccc(OC)c(C)c1. The molecule has 0 radical (unpaired) electrons. The first-order chi connectivity index (χ1) is 9.29. The maximum Gasteiger partial charge on any atom is 0.242 e. The van der Waals surface area contributed by atoms with Crippen molar-refractivity contribution in [1.29, 1.82) is 0 Å². The Hall–Kier alpha value is -1.71. The maximum atomic E-state index is 12.1. The average Bonchev–Trinajstić information content (AvgIpc) is 2.38. The van der Waals surface area contributed by atoms with Crippen LogP contribution < -0.4 is 15.4 Å². The summed E-state index contributed by atoms with van der Waals surface area (Å²) in [6.45, 7) is 9.95. The molecule has 1 amide bonds. The Kier molecular flexibility index (Phi) is 5.43. The van der Waals surface area contributed by atoms with E-state index in [0.29, 0.717) is 0 Å². The van der Waals surface area contributed by atoms with Crippen LogP contribution in [0.2, 0.25) is 0 Å². The van der Waals surface area contributed by atoms with Crippen molar-refractivity contribution in [3.63, 3.8) is 0 Å². The standard InChI is InChI=1S/C16H26N2O2/c1-7-16(4,5)18-15(19)12(3)17-13-8-9-14(20-6)11(2)10-13/h8-10,12,17H,7H2,1-6H3,(H,18,19). The van der Waals surface area contributed by atoms with E-state index >= 15 is 0 Å². The van der Waals surface area contributed by atoms with Crippen LogP contribution in [-0.4, -0.2) is 24.6 Å². The molecule has 0 aliphatic rings. The van der Waals surface area contributed by atoms with Crippen molar-refractivity contribution in [1.82, 2.24) is 5.32 Å². The van der Waals surface area contributed by atoms with Crippen molar-refractivity contribution in [2.75, 3.05) is 12.4 Å². The Morgan fingerprint density at radius 1 is 1.40 bits per heavy atom. The molecule has 0 heterocycles. The van der Waals surface area contributed by atoms with Crippen LogP contribution in [0.5, 0.6) is 5.75 Å². The molecule has 4 heteroatoms. The molecule has 0 spiro atoms. The molecule has 1 aromatic rings. The molecule has 1 rings (SSSR count). The number of hydrogen-bond acceptors (Lipinski definition) is 3. The monoisotopic (exact) mass is 278 g/mol. The Labute approximate surface area is 121 Å². The number of nitrogens with one attached hydrogen (secondary N) is 2. The number of amides is 1. The van der Waals surface area contributed by atoms with Gasteiger partial charge in [0.15, 0.2) is 0 Å². The number of ether oxygens (including phenoxy) is 1. The summed E-state index contributed by atoms with van der Waals surface area (Å²) in [6.07, 6.45) is 0.896. The van der Waals surface area contributed by atoms with Gasteiger partial charge in [-0.1, -0.05) is 6.92 Å². The Balaban J connectivity index is 2.68. The summed E-state index contributed by atoms with van der Waals surface area (Å²) in [4.78, 5) is 12.1. The van der Waals surface area contributed by atoms with Crippen LogP contribution in [0.4, 0.5) is 5.69 Å². The Morgan fingerprint density at radius 3 is 2.55 bits per heavy atom. The van der Waals surface area contributed by atoms with Crippen LogP contribution in [-0.2, 0) is 4.79 Å². The minimum absolute atomic E-state index is 0.00493. The third-order valence-corrected chi connectivity index (χ3v) is 3.52. The predicted molar refractivity (Wildman–Crippen MR) is 83.3 cm³/mol. The summed E-state index contributed by atoms with van der Waals surface area (Å²) >= 11 is 0. The highest BCUT2D eigenvalue weighted by atomic mass is 16.5. The zero-order valence-corrected chi connectivity index (χ0v) is 13.3. The summed E-state index contributed by atoms with van der Waals surface area (Å²) in [5.74, 6) is 0.852. The molecule has 0 saturated carbocycles. The molecule has 0 aliphatic heterocycles. The lowest BCUT2D eigenvalue weighted by molar-refractivity contribution is -0.123. The van der Waals surface area contributed by atoms with Crippen LogP contribution in [0.25, 0.3) is 0 Å². The van der Waals surface area contributed by atoms with Gasteiger partial charge < -0.3 is 15.4 Å². The molecule has 0 fully saturated rings. The second-order valence-electron chi connectivity index (χ2n) is 5.78. The summed E-state index contributed by atoms with van der Waals surface area (Å²) in [5, 5.41) is 6.25. The highest BCUT2D eigenvalue weighted by Crippen LogP contribution is 2.22. The number of carbonyl (C=O) groups excluding carboxylic acids is 1. The molecule has 0 bridgehead atoms. The second-order valence-corrected chi connectivity index (χ2v) is 5.78. The first-order valence-corrected chi connectivity index (χ1v) is 7.02. The highest BCUT2D eigenvalue weighted by molar-refractivity contribution is 5.84. The first-order valence-electron chi connectivity index (χ1n) is 7.02. The van der Waals surface area contributed by atoms with Crippen LogP contribution in [0.3, 0.4) is 0 Å². The number of benzene rings is 1. The summed E-state index contributed by atoms with van der Waals surface area (Å²) in [6, 6.07) is 5.51. The lowest BCUT2D eigenvalue weighted by atomic mass is 10.0. The summed E-state index contributed by atoms with van der Waals surface area (Å²) in [7, 11) is 1.65. The van der Waals surface area contributed by atoms with E-state index in [-0.39, 0.29) is 17.5 Å². The molecular formula is C16H26N2O2. The van der Waals surface area contributed by atoms with Gasteiger partial charge in [-0.3, -0.25) is 4.79 Å². The topological polar surface area (TPSA) is 50.4 Å². The van der Waals surface area contributed by atoms with E-state index in [1.807, 2.05) is 45.9 Å². The quantitative estimate of drug-likeness (QED) is 0.840. The molecule has 1 atom stereocenters. The number of rotatable bonds is 6. The predicted octanol–water partition coefficient (Wildman–Crippen LogP) is 3.11. The van der Waals surface area contributed by atoms with Crippen molar-refractivity contribution >= 4 is 11.6 Å². The second kappa shape index (κ2) is 6.64. The first kappa shape index (κ1) is 16.3. The number of carbonyl (C=O) groups is 1. The molecule has 20 heavy (non-hydrogen) atoms.